The summed E-state index contributed by atoms with van der Waals surface area (Å²) < 4.78 is 37.1. The van der Waals surface area contributed by atoms with E-state index in [1.807, 2.05) is 0 Å². The van der Waals surface area contributed by atoms with Crippen LogP contribution in [0.4, 0.5) is 10.1 Å². The van der Waals surface area contributed by atoms with Gasteiger partial charge in [0.05, 0.1) is 10.6 Å². The van der Waals surface area contributed by atoms with Crippen molar-refractivity contribution in [1.29, 1.82) is 0 Å². The van der Waals surface area contributed by atoms with Gasteiger partial charge in [0.1, 0.15) is 11.9 Å². The van der Waals surface area contributed by atoms with E-state index in [1.165, 1.54) is 17.2 Å². The molecule has 1 aromatic rings. The molecule has 2 aliphatic heterocycles. The predicted molar refractivity (Wildman–Crippen MR) is 89.6 cm³/mol. The summed E-state index contributed by atoms with van der Waals surface area (Å²) in [5.41, 5.74) is 0.123. The van der Waals surface area contributed by atoms with Crippen LogP contribution in [0.3, 0.4) is 0 Å². The van der Waals surface area contributed by atoms with Gasteiger partial charge in [0.15, 0.2) is 9.84 Å². The van der Waals surface area contributed by atoms with Crippen molar-refractivity contribution in [2.45, 2.75) is 36.2 Å². The first-order chi connectivity index (χ1) is 11.8. The summed E-state index contributed by atoms with van der Waals surface area (Å²) in [5.74, 6) is -0.772. The van der Waals surface area contributed by atoms with Gasteiger partial charge in [-0.3, -0.25) is 4.79 Å². The van der Waals surface area contributed by atoms with E-state index in [0.717, 1.165) is 12.3 Å². The van der Waals surface area contributed by atoms with Gasteiger partial charge in [-0.05, 0) is 37.5 Å². The molecule has 0 aliphatic carbocycles. The minimum absolute atomic E-state index is 0.0806. The number of hydrogen-bond acceptors (Lipinski definition) is 6. The zero-order valence-corrected chi connectivity index (χ0v) is 14.8. The SMILES string of the molecule is CS(=O)(=O)c1ccc(N[C@H]2CCN(C3CCN(O)CC3)C2=O)c(F)c1. The number of carbonyl (C=O) groups excluding carboxylic acids is 1. The van der Waals surface area contributed by atoms with Crippen LogP contribution in [0.1, 0.15) is 19.3 Å². The molecule has 1 atom stereocenters. The molecule has 1 amide bonds. The minimum Gasteiger partial charge on any atom is -0.371 e. The molecule has 2 N–H and O–H groups in total. The van der Waals surface area contributed by atoms with Gasteiger partial charge in [-0.25, -0.2) is 12.8 Å². The molecule has 0 spiro atoms. The van der Waals surface area contributed by atoms with Crippen molar-refractivity contribution >= 4 is 21.4 Å². The van der Waals surface area contributed by atoms with Crippen LogP contribution < -0.4 is 5.32 Å². The summed E-state index contributed by atoms with van der Waals surface area (Å²) in [4.78, 5) is 14.3. The zero-order chi connectivity index (χ0) is 18.2. The van der Waals surface area contributed by atoms with E-state index < -0.39 is 21.7 Å². The van der Waals surface area contributed by atoms with Crippen LogP contribution in [0.2, 0.25) is 0 Å². The number of hydroxylamine groups is 2. The topological polar surface area (TPSA) is 90.0 Å². The molecule has 3 rings (SSSR count). The van der Waals surface area contributed by atoms with Gasteiger partial charge in [-0.1, -0.05) is 0 Å². The summed E-state index contributed by atoms with van der Waals surface area (Å²) in [6.07, 6.45) is 3.01. The molecule has 0 unspecified atom stereocenters. The van der Waals surface area contributed by atoms with E-state index in [1.54, 1.807) is 4.90 Å². The Morgan fingerprint density at radius 1 is 1.20 bits per heavy atom. The number of anilines is 1. The number of piperidine rings is 1. The molecule has 9 heteroatoms. The molecule has 7 nitrogen and oxygen atoms in total. The Morgan fingerprint density at radius 2 is 1.88 bits per heavy atom. The Kier molecular flexibility index (Phi) is 4.99. The number of benzene rings is 1. The first kappa shape index (κ1) is 18.1. The first-order valence-corrected chi connectivity index (χ1v) is 10.2. The number of nitrogens with one attached hydrogen (secondary N) is 1. The van der Waals surface area contributed by atoms with Crippen molar-refractivity contribution in [1.82, 2.24) is 9.96 Å². The lowest BCUT2D eigenvalue weighted by Gasteiger charge is -2.34. The number of halogens is 1. The summed E-state index contributed by atoms with van der Waals surface area (Å²) in [6.45, 7) is 1.66. The second-order valence-corrected chi connectivity index (χ2v) is 8.63. The Morgan fingerprint density at radius 3 is 2.48 bits per heavy atom. The highest BCUT2D eigenvalue weighted by atomic mass is 32.2. The number of sulfone groups is 1. The fourth-order valence-corrected chi connectivity index (χ4v) is 4.03. The second-order valence-electron chi connectivity index (χ2n) is 6.62. The molecular formula is C16H22FN3O4S. The number of rotatable bonds is 4. The van der Waals surface area contributed by atoms with E-state index in [9.17, 15) is 22.8 Å². The molecule has 2 aliphatic rings. The Balaban J connectivity index is 1.67. The zero-order valence-electron chi connectivity index (χ0n) is 14.0. The molecule has 0 aromatic heterocycles. The maximum atomic E-state index is 14.2. The molecule has 2 fully saturated rings. The molecule has 0 bridgehead atoms. The number of carbonyl (C=O) groups is 1. The highest BCUT2D eigenvalue weighted by Gasteiger charge is 2.37. The Bertz CT molecular complexity index is 763. The van der Waals surface area contributed by atoms with Crippen molar-refractivity contribution < 1.29 is 22.8 Å². The van der Waals surface area contributed by atoms with Crippen LogP contribution in [-0.2, 0) is 14.6 Å². The maximum absolute atomic E-state index is 14.2. The van der Waals surface area contributed by atoms with Gasteiger partial charge in [-0.2, -0.15) is 5.06 Å². The molecule has 2 heterocycles. The van der Waals surface area contributed by atoms with Crippen LogP contribution in [0.15, 0.2) is 23.1 Å². The average molecular weight is 371 g/mol. The van der Waals surface area contributed by atoms with E-state index >= 15 is 0 Å². The van der Waals surface area contributed by atoms with Crippen molar-refractivity contribution in [3.05, 3.63) is 24.0 Å². The van der Waals surface area contributed by atoms with Crippen molar-refractivity contribution in [3.63, 3.8) is 0 Å². The fraction of sp³-hybridized carbons (Fsp3) is 0.562. The van der Waals surface area contributed by atoms with Crippen molar-refractivity contribution in [2.24, 2.45) is 0 Å². The fourth-order valence-electron chi connectivity index (χ4n) is 3.39. The third-order valence-electron chi connectivity index (χ3n) is 4.82. The van der Waals surface area contributed by atoms with Gasteiger partial charge in [0.2, 0.25) is 5.91 Å². The average Bonchev–Trinajstić information content (AvgIpc) is 2.90. The summed E-state index contributed by atoms with van der Waals surface area (Å²) in [7, 11) is -3.48. The third kappa shape index (κ3) is 3.94. The number of hydrogen-bond donors (Lipinski definition) is 2. The summed E-state index contributed by atoms with van der Waals surface area (Å²) >= 11 is 0. The van der Waals surface area contributed by atoms with Crippen molar-refractivity contribution in [3.8, 4) is 0 Å². The normalized spacial score (nSPS) is 23.2. The van der Waals surface area contributed by atoms with Gasteiger partial charge in [0.25, 0.3) is 0 Å². The second kappa shape index (κ2) is 6.89. The van der Waals surface area contributed by atoms with Gasteiger partial charge in [-0.15, -0.1) is 0 Å². The third-order valence-corrected chi connectivity index (χ3v) is 5.93. The van der Waals surface area contributed by atoms with Crippen LogP contribution in [-0.4, -0.2) is 67.5 Å². The van der Waals surface area contributed by atoms with Gasteiger partial charge < -0.3 is 15.4 Å². The summed E-state index contributed by atoms with van der Waals surface area (Å²) in [5, 5.41) is 13.6. The van der Waals surface area contributed by atoms with Crippen LogP contribution in [0.5, 0.6) is 0 Å². The predicted octanol–water partition coefficient (Wildman–Crippen LogP) is 1.10. The Labute approximate surface area is 146 Å². The van der Waals surface area contributed by atoms with E-state index in [2.05, 4.69) is 5.32 Å². The quantitative estimate of drug-likeness (QED) is 0.824. The molecule has 1 aromatic carbocycles. The van der Waals surface area contributed by atoms with E-state index in [-0.39, 0.29) is 22.5 Å². The number of amides is 1. The first-order valence-electron chi connectivity index (χ1n) is 8.26. The number of nitrogens with zero attached hydrogens (tertiary/aromatic N) is 2. The van der Waals surface area contributed by atoms with Crippen molar-refractivity contribution in [2.75, 3.05) is 31.2 Å². The molecule has 2 saturated heterocycles. The summed E-state index contributed by atoms with van der Waals surface area (Å²) in [6, 6.07) is 3.22. The van der Waals surface area contributed by atoms with Gasteiger partial charge >= 0.3 is 0 Å². The lowest BCUT2D eigenvalue weighted by molar-refractivity contribution is -0.138. The molecule has 0 saturated carbocycles. The van der Waals surface area contributed by atoms with Crippen LogP contribution >= 0.6 is 0 Å². The monoisotopic (exact) mass is 371 g/mol. The lowest BCUT2D eigenvalue weighted by atomic mass is 10.1. The maximum Gasteiger partial charge on any atom is 0.245 e. The highest BCUT2D eigenvalue weighted by Crippen LogP contribution is 2.26. The number of likely N-dealkylation sites (tertiary alicyclic amines) is 1. The molecule has 25 heavy (non-hydrogen) atoms. The minimum atomic E-state index is -3.48. The highest BCUT2D eigenvalue weighted by molar-refractivity contribution is 7.90. The van der Waals surface area contributed by atoms with Gasteiger partial charge in [0, 0.05) is 31.9 Å². The van der Waals surface area contributed by atoms with Crippen LogP contribution in [0.25, 0.3) is 0 Å². The lowest BCUT2D eigenvalue weighted by Crippen LogP contribution is -2.46. The van der Waals surface area contributed by atoms with Crippen LogP contribution in [0, 0.1) is 5.82 Å². The Hall–Kier alpha value is -1.71. The standard InChI is InChI=1S/C16H22FN3O4S/c1-25(23,24)12-2-3-14(13(17)10-12)18-15-6-9-20(16(15)21)11-4-7-19(22)8-5-11/h2-3,10-11,15,18,22H,4-9H2,1H3/t15-/m0/s1. The smallest absolute Gasteiger partial charge is 0.245 e. The molecule has 0 radical (unpaired) electrons. The van der Waals surface area contributed by atoms with E-state index in [4.69, 9.17) is 0 Å². The molecular weight excluding hydrogens is 349 g/mol. The molecule has 138 valence electrons. The van der Waals surface area contributed by atoms with E-state index in [0.29, 0.717) is 38.9 Å². The largest absolute Gasteiger partial charge is 0.371 e.